The molecule has 2 rings (SSSR count). The number of morpholine rings is 1. The lowest BCUT2D eigenvalue weighted by molar-refractivity contribution is 0.0383. The van der Waals surface area contributed by atoms with Crippen molar-refractivity contribution in [1.29, 1.82) is 0 Å². The molecule has 1 saturated heterocycles. The van der Waals surface area contributed by atoms with Gasteiger partial charge in [-0.3, -0.25) is 9.88 Å². The summed E-state index contributed by atoms with van der Waals surface area (Å²) in [5, 5.41) is 0. The Bertz CT molecular complexity index is 283. The van der Waals surface area contributed by atoms with Gasteiger partial charge in [0, 0.05) is 25.0 Å². The minimum Gasteiger partial charge on any atom is -0.379 e. The molecule has 1 aromatic heterocycles. The predicted molar refractivity (Wildman–Crippen MR) is 64.1 cm³/mol. The molecule has 1 radical (unpaired) electrons. The minimum absolute atomic E-state index is 0.889. The van der Waals surface area contributed by atoms with Gasteiger partial charge in [0.2, 0.25) is 0 Å². The van der Waals surface area contributed by atoms with Crippen LogP contribution >= 0.6 is 0 Å². The van der Waals surface area contributed by atoms with Crippen LogP contribution in [0.2, 0.25) is 0 Å². The highest BCUT2D eigenvalue weighted by atomic mass is 16.5. The molecule has 0 aliphatic carbocycles. The van der Waals surface area contributed by atoms with Crippen molar-refractivity contribution in [3.05, 3.63) is 36.5 Å². The minimum atomic E-state index is 0.889. The summed E-state index contributed by atoms with van der Waals surface area (Å²) in [5.74, 6) is 0. The topological polar surface area (TPSA) is 25.4 Å². The third-order valence-corrected chi connectivity index (χ3v) is 2.83. The molecule has 0 saturated carbocycles. The van der Waals surface area contributed by atoms with Gasteiger partial charge < -0.3 is 4.74 Å². The first-order valence-corrected chi connectivity index (χ1v) is 5.97. The van der Waals surface area contributed by atoms with Crippen LogP contribution < -0.4 is 0 Å². The van der Waals surface area contributed by atoms with Crippen molar-refractivity contribution in [1.82, 2.24) is 9.88 Å². The van der Waals surface area contributed by atoms with Crippen LogP contribution in [-0.2, 0) is 11.2 Å². The maximum Gasteiger partial charge on any atom is 0.0594 e. The summed E-state index contributed by atoms with van der Waals surface area (Å²) in [6.45, 7) is 5.09. The van der Waals surface area contributed by atoms with Crippen molar-refractivity contribution < 1.29 is 4.74 Å². The molecule has 87 valence electrons. The van der Waals surface area contributed by atoms with Crippen molar-refractivity contribution in [3.8, 4) is 0 Å². The number of nitrogens with zero attached hydrogens (tertiary/aromatic N) is 2. The number of hydrogen-bond donors (Lipinski definition) is 0. The maximum atomic E-state index is 5.31. The Morgan fingerprint density at radius 1 is 1.31 bits per heavy atom. The summed E-state index contributed by atoms with van der Waals surface area (Å²) in [6.07, 6.45) is 6.28. The number of ether oxygens (including phenoxy) is 1. The first kappa shape index (κ1) is 11.6. The number of aromatic nitrogens is 1. The second kappa shape index (κ2) is 6.61. The first-order chi connectivity index (χ1) is 7.95. The maximum absolute atomic E-state index is 5.31. The van der Waals surface area contributed by atoms with E-state index in [0.717, 1.165) is 51.4 Å². The summed E-state index contributed by atoms with van der Waals surface area (Å²) < 4.78 is 5.31. The van der Waals surface area contributed by atoms with Crippen molar-refractivity contribution in [2.75, 3.05) is 32.8 Å². The molecule has 0 aromatic carbocycles. The summed E-state index contributed by atoms with van der Waals surface area (Å²) in [4.78, 5) is 6.75. The molecule has 0 spiro atoms. The third-order valence-electron chi connectivity index (χ3n) is 2.83. The van der Waals surface area contributed by atoms with Crippen LogP contribution in [0.4, 0.5) is 0 Å². The van der Waals surface area contributed by atoms with Gasteiger partial charge in [0.05, 0.1) is 13.2 Å². The molecule has 3 nitrogen and oxygen atoms in total. The Balaban J connectivity index is 1.58. The van der Waals surface area contributed by atoms with Gasteiger partial charge in [-0.05, 0) is 37.9 Å². The van der Waals surface area contributed by atoms with E-state index in [0.29, 0.717) is 0 Å². The zero-order valence-corrected chi connectivity index (χ0v) is 9.64. The molecule has 1 aromatic rings. The molecule has 0 N–H and O–H groups in total. The summed E-state index contributed by atoms with van der Waals surface area (Å²) in [7, 11) is 0. The molecule has 1 aliphatic rings. The molecule has 1 fully saturated rings. The van der Waals surface area contributed by atoms with E-state index in [1.807, 2.05) is 18.3 Å². The highest BCUT2D eigenvalue weighted by Crippen LogP contribution is 2.03. The van der Waals surface area contributed by atoms with E-state index in [2.05, 4.69) is 22.4 Å². The molecule has 0 unspecified atom stereocenters. The number of unbranched alkanes of at least 4 members (excludes halogenated alkanes) is 1. The monoisotopic (exact) mass is 219 g/mol. The van der Waals surface area contributed by atoms with Gasteiger partial charge in [-0.25, -0.2) is 0 Å². The SMILES string of the molecule is [CH](CCN1CCOCC1)Cc1ccccn1. The number of rotatable bonds is 5. The predicted octanol–water partition coefficient (Wildman–Crippen LogP) is 1.55. The molecular formula is C13H19N2O. The van der Waals surface area contributed by atoms with Crippen LogP contribution in [-0.4, -0.2) is 42.7 Å². The van der Waals surface area contributed by atoms with Crippen molar-refractivity contribution in [3.63, 3.8) is 0 Å². The second-order valence-electron chi connectivity index (χ2n) is 4.06. The second-order valence-corrected chi connectivity index (χ2v) is 4.06. The zero-order valence-electron chi connectivity index (χ0n) is 9.64. The molecule has 0 atom stereocenters. The van der Waals surface area contributed by atoms with Gasteiger partial charge in [-0.2, -0.15) is 0 Å². The smallest absolute Gasteiger partial charge is 0.0594 e. The van der Waals surface area contributed by atoms with Gasteiger partial charge in [0.25, 0.3) is 0 Å². The lowest BCUT2D eigenvalue weighted by Crippen LogP contribution is -2.36. The summed E-state index contributed by atoms with van der Waals surface area (Å²) in [6, 6.07) is 6.07. The Hall–Kier alpha value is -0.930. The molecule has 3 heteroatoms. The van der Waals surface area contributed by atoms with Gasteiger partial charge in [0.15, 0.2) is 0 Å². The standard InChI is InChI=1S/C13H19N2O/c1-3-7-14-13(5-1)6-2-4-8-15-9-11-16-12-10-15/h1-3,5,7H,4,6,8-12H2. The van der Waals surface area contributed by atoms with Crippen molar-refractivity contribution in [2.45, 2.75) is 12.8 Å². The number of pyridine rings is 1. The molecule has 16 heavy (non-hydrogen) atoms. The van der Waals surface area contributed by atoms with Crippen molar-refractivity contribution >= 4 is 0 Å². The van der Waals surface area contributed by atoms with E-state index in [1.54, 1.807) is 0 Å². The normalized spacial score (nSPS) is 17.5. The van der Waals surface area contributed by atoms with Crippen LogP contribution in [0.5, 0.6) is 0 Å². The van der Waals surface area contributed by atoms with Gasteiger partial charge >= 0.3 is 0 Å². The van der Waals surface area contributed by atoms with E-state index in [9.17, 15) is 0 Å². The van der Waals surface area contributed by atoms with Crippen LogP contribution in [0.3, 0.4) is 0 Å². The molecule has 1 aliphatic heterocycles. The average Bonchev–Trinajstić information content (AvgIpc) is 2.37. The third kappa shape index (κ3) is 3.91. The van der Waals surface area contributed by atoms with E-state index < -0.39 is 0 Å². The van der Waals surface area contributed by atoms with E-state index in [-0.39, 0.29) is 0 Å². The van der Waals surface area contributed by atoms with Gasteiger partial charge in [-0.15, -0.1) is 0 Å². The van der Waals surface area contributed by atoms with Crippen LogP contribution in [0.25, 0.3) is 0 Å². The lowest BCUT2D eigenvalue weighted by Gasteiger charge is -2.26. The fourth-order valence-electron chi connectivity index (χ4n) is 1.87. The zero-order chi connectivity index (χ0) is 11.1. The van der Waals surface area contributed by atoms with Gasteiger partial charge in [-0.1, -0.05) is 6.07 Å². The average molecular weight is 219 g/mol. The largest absolute Gasteiger partial charge is 0.379 e. The summed E-state index contributed by atoms with van der Waals surface area (Å²) in [5.41, 5.74) is 1.16. The first-order valence-electron chi connectivity index (χ1n) is 5.97. The Kier molecular flexibility index (Phi) is 4.77. The molecule has 2 heterocycles. The van der Waals surface area contributed by atoms with Crippen LogP contribution in [0.1, 0.15) is 12.1 Å². The van der Waals surface area contributed by atoms with Crippen LogP contribution in [0.15, 0.2) is 24.4 Å². The molecular weight excluding hydrogens is 200 g/mol. The number of hydrogen-bond acceptors (Lipinski definition) is 3. The van der Waals surface area contributed by atoms with E-state index in [1.165, 1.54) is 0 Å². The lowest BCUT2D eigenvalue weighted by atomic mass is 10.1. The Morgan fingerprint density at radius 3 is 2.94 bits per heavy atom. The molecule has 0 bridgehead atoms. The highest BCUT2D eigenvalue weighted by Gasteiger charge is 2.08. The molecule has 0 amide bonds. The fraction of sp³-hybridized carbons (Fsp3) is 0.538. The van der Waals surface area contributed by atoms with E-state index in [4.69, 9.17) is 4.74 Å². The fourth-order valence-corrected chi connectivity index (χ4v) is 1.87. The Labute approximate surface area is 97.4 Å². The van der Waals surface area contributed by atoms with E-state index >= 15 is 0 Å². The summed E-state index contributed by atoms with van der Waals surface area (Å²) >= 11 is 0. The highest BCUT2D eigenvalue weighted by molar-refractivity contribution is 5.05. The Morgan fingerprint density at radius 2 is 2.19 bits per heavy atom. The van der Waals surface area contributed by atoms with Crippen molar-refractivity contribution in [2.24, 2.45) is 0 Å². The van der Waals surface area contributed by atoms with Gasteiger partial charge in [0.1, 0.15) is 0 Å². The quantitative estimate of drug-likeness (QED) is 0.703. The van der Waals surface area contributed by atoms with Crippen LogP contribution in [0, 0.1) is 6.42 Å².